The van der Waals surface area contributed by atoms with Crippen molar-refractivity contribution in [3.05, 3.63) is 12.3 Å². The summed E-state index contributed by atoms with van der Waals surface area (Å²) in [5.74, 6) is -0.306. The van der Waals surface area contributed by atoms with Gasteiger partial charge in [-0.15, -0.1) is 0 Å². The highest BCUT2D eigenvalue weighted by molar-refractivity contribution is 6.05. The summed E-state index contributed by atoms with van der Waals surface area (Å²) in [7, 11) is 0. The number of hydrogen-bond donors (Lipinski definition) is 1. The number of aliphatic hydroxyl groups is 1. The zero-order valence-electron chi connectivity index (χ0n) is 4.11. The summed E-state index contributed by atoms with van der Waals surface area (Å²) in [5.41, 5.74) is 0. The van der Waals surface area contributed by atoms with Crippen molar-refractivity contribution in [1.82, 2.24) is 4.99 Å². The summed E-state index contributed by atoms with van der Waals surface area (Å²) < 4.78 is 0. The van der Waals surface area contributed by atoms with Gasteiger partial charge in [-0.2, -0.15) is 0 Å². The predicted octanol–water partition coefficient (Wildman–Crippen LogP) is -1.15. The molecule has 3 nitrogen and oxygen atoms in total. The number of rotatable bonds is 0. The Kier molecular flexibility index (Phi) is 1.22. The number of ketones is 1. The van der Waals surface area contributed by atoms with Gasteiger partial charge in [0.15, 0.2) is 0 Å². The van der Waals surface area contributed by atoms with Crippen LogP contribution in [0.3, 0.4) is 0 Å². The quantitative estimate of drug-likeness (QED) is 0.429. The fourth-order valence-corrected chi connectivity index (χ4v) is 0.420. The zero-order chi connectivity index (χ0) is 5.98. The highest BCUT2D eigenvalue weighted by atomic mass is 16.3. The molecule has 3 heteroatoms. The summed E-state index contributed by atoms with van der Waals surface area (Å²) >= 11 is 0. The lowest BCUT2D eigenvalue weighted by atomic mass is 10.2. The van der Waals surface area contributed by atoms with Crippen molar-refractivity contribution < 1.29 is 9.90 Å². The predicted molar refractivity (Wildman–Crippen MR) is 28.4 cm³/mol. The van der Waals surface area contributed by atoms with Crippen molar-refractivity contribution in [3.63, 3.8) is 0 Å². The fourth-order valence-electron chi connectivity index (χ4n) is 0.420. The molecule has 0 saturated heterocycles. The summed E-state index contributed by atoms with van der Waals surface area (Å²) in [6.07, 6.45) is 2.78. The Morgan fingerprint density at radius 3 is 2.88 bits per heavy atom. The van der Waals surface area contributed by atoms with E-state index in [1.807, 2.05) is 0 Å². The number of hydrogen-bond acceptors (Lipinski definition) is 3. The van der Waals surface area contributed by atoms with Crippen molar-refractivity contribution in [2.75, 3.05) is 0 Å². The summed E-state index contributed by atoms with van der Waals surface area (Å²) in [5, 5.41) is 8.63. The van der Waals surface area contributed by atoms with Crippen LogP contribution in [0, 0.1) is 0 Å². The standard InChI is InChI=1S/C5H5NO2/c7-4-1-2-6-3-5(4)8/h1-3,5,8H/q+1. The van der Waals surface area contributed by atoms with Crippen LogP contribution in [0.2, 0.25) is 0 Å². The van der Waals surface area contributed by atoms with Gasteiger partial charge in [0.1, 0.15) is 0 Å². The minimum atomic E-state index is -1.01. The molecular weight excluding hydrogens is 106 g/mol. The van der Waals surface area contributed by atoms with Gasteiger partial charge >= 0.3 is 0 Å². The molecule has 1 atom stereocenters. The molecule has 41 valence electrons. The molecule has 0 spiro atoms. The molecule has 0 saturated carbocycles. The average Bonchev–Trinajstić information content (AvgIpc) is 1.77. The lowest BCUT2D eigenvalue weighted by molar-refractivity contribution is -0.119. The second-order valence-corrected chi connectivity index (χ2v) is 1.46. The Hall–Kier alpha value is -0.960. The Morgan fingerprint density at radius 1 is 1.75 bits per heavy atom. The Morgan fingerprint density at radius 2 is 2.50 bits per heavy atom. The Labute approximate surface area is 46.4 Å². The lowest BCUT2D eigenvalue weighted by Gasteiger charge is -1.91. The highest BCUT2D eigenvalue weighted by Crippen LogP contribution is 1.86. The zero-order valence-corrected chi connectivity index (χ0v) is 4.11. The van der Waals surface area contributed by atoms with Gasteiger partial charge < -0.3 is 5.11 Å². The monoisotopic (exact) mass is 111 g/mol. The van der Waals surface area contributed by atoms with Crippen LogP contribution in [-0.4, -0.2) is 23.2 Å². The molecule has 1 heterocycles. The first-order valence-electron chi connectivity index (χ1n) is 2.22. The van der Waals surface area contributed by atoms with Crippen LogP contribution in [0.4, 0.5) is 0 Å². The fraction of sp³-hybridized carbons (Fsp3) is 0.200. The van der Waals surface area contributed by atoms with Gasteiger partial charge in [-0.25, -0.2) is 0 Å². The second kappa shape index (κ2) is 1.88. The van der Waals surface area contributed by atoms with Gasteiger partial charge in [-0.3, -0.25) is 4.79 Å². The third kappa shape index (κ3) is 0.816. The topological polar surface area (TPSA) is 51.4 Å². The maximum atomic E-state index is 10.4. The number of aliphatic imine (C=N–C) groups is 1. The maximum absolute atomic E-state index is 10.4. The Balaban J connectivity index is 2.74. The smallest absolute Gasteiger partial charge is 0.255 e. The second-order valence-electron chi connectivity index (χ2n) is 1.46. The van der Waals surface area contributed by atoms with Crippen molar-refractivity contribution in [1.29, 1.82) is 0 Å². The molecule has 0 fully saturated rings. The van der Waals surface area contributed by atoms with Gasteiger partial charge in [0.25, 0.3) is 6.21 Å². The van der Waals surface area contributed by atoms with Crippen molar-refractivity contribution in [3.8, 4) is 0 Å². The van der Waals surface area contributed by atoms with Crippen LogP contribution < -0.4 is 4.99 Å². The van der Waals surface area contributed by atoms with Crippen molar-refractivity contribution in [2.24, 2.45) is 0 Å². The largest absolute Gasteiger partial charge is 0.375 e. The van der Waals surface area contributed by atoms with E-state index in [4.69, 9.17) is 5.11 Å². The van der Waals surface area contributed by atoms with E-state index in [0.717, 1.165) is 0 Å². The first-order valence-corrected chi connectivity index (χ1v) is 2.22. The lowest BCUT2D eigenvalue weighted by Crippen LogP contribution is -2.24. The molecular formula is C5H5NO2+. The molecule has 1 aliphatic heterocycles. The van der Waals surface area contributed by atoms with Crippen molar-refractivity contribution in [2.45, 2.75) is 6.10 Å². The number of nitrogens with zero attached hydrogens (tertiary/aromatic N) is 1. The molecule has 0 bridgehead atoms. The van der Waals surface area contributed by atoms with Gasteiger partial charge in [-0.1, -0.05) is 0 Å². The number of carbonyl (C=O) groups excluding carboxylic acids is 1. The van der Waals surface area contributed by atoms with Crippen LogP contribution in [0.5, 0.6) is 0 Å². The van der Waals surface area contributed by atoms with E-state index in [1.165, 1.54) is 18.5 Å². The van der Waals surface area contributed by atoms with Crippen LogP contribution >= 0.6 is 0 Å². The molecule has 8 heavy (non-hydrogen) atoms. The first kappa shape index (κ1) is 5.18. The van der Waals surface area contributed by atoms with Crippen LogP contribution in [-0.2, 0) is 4.79 Å². The molecule has 1 rings (SSSR count). The Bertz CT molecular complexity index is 160. The van der Waals surface area contributed by atoms with Crippen LogP contribution in [0.25, 0.3) is 0 Å². The molecule has 0 aromatic rings. The van der Waals surface area contributed by atoms with E-state index in [-0.39, 0.29) is 5.78 Å². The minimum absolute atomic E-state index is 0.306. The maximum Gasteiger partial charge on any atom is 0.255 e. The van der Waals surface area contributed by atoms with E-state index < -0.39 is 6.10 Å². The molecule has 0 amide bonds. The molecule has 1 aliphatic rings. The van der Waals surface area contributed by atoms with Crippen LogP contribution in [0.15, 0.2) is 12.3 Å². The molecule has 1 N–H and O–H groups in total. The molecule has 0 aromatic carbocycles. The normalized spacial score (nSPS) is 26.6. The number of carbonyl (C=O) groups is 1. The minimum Gasteiger partial charge on any atom is -0.375 e. The average molecular weight is 111 g/mol. The molecule has 1 unspecified atom stereocenters. The molecule has 0 aromatic heterocycles. The van der Waals surface area contributed by atoms with Gasteiger partial charge in [0.05, 0.1) is 11.1 Å². The van der Waals surface area contributed by atoms with E-state index in [0.29, 0.717) is 0 Å². The molecule has 1 radical (unpaired) electrons. The van der Waals surface area contributed by atoms with Gasteiger partial charge in [0.2, 0.25) is 18.1 Å². The van der Waals surface area contributed by atoms with E-state index in [9.17, 15) is 4.79 Å². The van der Waals surface area contributed by atoms with E-state index in [2.05, 4.69) is 4.99 Å². The van der Waals surface area contributed by atoms with Gasteiger partial charge in [0, 0.05) is 0 Å². The van der Waals surface area contributed by atoms with E-state index in [1.54, 1.807) is 0 Å². The SMILES string of the molecule is O=C1C=C[N+]=CC1O. The summed E-state index contributed by atoms with van der Waals surface area (Å²) in [6, 6.07) is 0. The third-order valence-corrected chi connectivity index (χ3v) is 0.844. The van der Waals surface area contributed by atoms with E-state index >= 15 is 0 Å². The van der Waals surface area contributed by atoms with Crippen LogP contribution in [0.1, 0.15) is 0 Å². The first-order chi connectivity index (χ1) is 3.80. The number of aliphatic hydroxyl groups excluding tert-OH is 1. The summed E-state index contributed by atoms with van der Waals surface area (Å²) in [6.45, 7) is 0. The highest BCUT2D eigenvalue weighted by Gasteiger charge is 2.17. The van der Waals surface area contributed by atoms with Crippen molar-refractivity contribution >= 4 is 12.0 Å². The molecule has 0 aliphatic carbocycles. The third-order valence-electron chi connectivity index (χ3n) is 0.844. The summed E-state index contributed by atoms with van der Waals surface area (Å²) in [4.78, 5) is 13.9. The van der Waals surface area contributed by atoms with Gasteiger partial charge in [-0.05, 0) is 0 Å².